The molecule has 0 radical (unpaired) electrons. The number of fused-ring (bicyclic) bond motifs is 1. The average Bonchev–Trinajstić information content (AvgIpc) is 3.08. The monoisotopic (exact) mass is 329 g/mol. The topological polar surface area (TPSA) is 83.7 Å². The molecule has 0 saturated carbocycles. The number of aliphatic hydroxyl groups excluding tert-OH is 1. The Hall–Kier alpha value is -2.51. The standard InChI is InChI=1S/C16H15N3O3S/c1-10-2-3-14-17-6-12(16(22)19(14)8-10)15(21)18-7-13(20)11-4-5-23-9-11/h2-6,8-9,13,20H,7H2,1H3,(H,18,21). The highest BCUT2D eigenvalue weighted by Crippen LogP contribution is 2.15. The lowest BCUT2D eigenvalue weighted by molar-refractivity contribution is 0.0914. The third-order valence-corrected chi connectivity index (χ3v) is 4.18. The summed E-state index contributed by atoms with van der Waals surface area (Å²) >= 11 is 1.47. The van der Waals surface area contributed by atoms with E-state index in [-0.39, 0.29) is 12.1 Å². The molecule has 23 heavy (non-hydrogen) atoms. The highest BCUT2D eigenvalue weighted by Gasteiger charge is 2.15. The number of aliphatic hydroxyl groups is 1. The second kappa shape index (κ2) is 6.31. The molecule has 0 fully saturated rings. The van der Waals surface area contributed by atoms with Crippen molar-refractivity contribution in [3.05, 3.63) is 68.4 Å². The summed E-state index contributed by atoms with van der Waals surface area (Å²) in [4.78, 5) is 28.7. The maximum absolute atomic E-state index is 12.4. The summed E-state index contributed by atoms with van der Waals surface area (Å²) < 4.78 is 1.35. The van der Waals surface area contributed by atoms with Crippen molar-refractivity contribution in [1.29, 1.82) is 0 Å². The molecule has 0 spiro atoms. The van der Waals surface area contributed by atoms with Crippen LogP contribution in [0.1, 0.15) is 27.6 Å². The fourth-order valence-electron chi connectivity index (χ4n) is 2.21. The first-order chi connectivity index (χ1) is 11.1. The van der Waals surface area contributed by atoms with E-state index in [9.17, 15) is 14.7 Å². The molecule has 1 amide bonds. The number of hydrogen-bond donors (Lipinski definition) is 2. The number of pyridine rings is 1. The van der Waals surface area contributed by atoms with Crippen molar-refractivity contribution in [3.63, 3.8) is 0 Å². The molecule has 3 aromatic heterocycles. The van der Waals surface area contributed by atoms with Gasteiger partial charge >= 0.3 is 0 Å². The third-order valence-electron chi connectivity index (χ3n) is 3.48. The van der Waals surface area contributed by atoms with Crippen LogP contribution in [0.15, 0.2) is 46.1 Å². The van der Waals surface area contributed by atoms with E-state index in [0.29, 0.717) is 5.65 Å². The molecule has 0 saturated heterocycles. The van der Waals surface area contributed by atoms with Crippen LogP contribution in [0, 0.1) is 6.92 Å². The van der Waals surface area contributed by atoms with E-state index in [1.165, 1.54) is 21.9 Å². The van der Waals surface area contributed by atoms with E-state index in [1.807, 2.05) is 23.8 Å². The fourth-order valence-corrected chi connectivity index (χ4v) is 2.91. The third kappa shape index (κ3) is 3.15. The van der Waals surface area contributed by atoms with E-state index in [4.69, 9.17) is 0 Å². The van der Waals surface area contributed by atoms with Crippen molar-refractivity contribution in [2.45, 2.75) is 13.0 Å². The number of thiophene rings is 1. The summed E-state index contributed by atoms with van der Waals surface area (Å²) in [5, 5.41) is 16.2. The number of nitrogens with zero attached hydrogens (tertiary/aromatic N) is 2. The largest absolute Gasteiger partial charge is 0.387 e. The number of nitrogens with one attached hydrogen (secondary N) is 1. The normalized spacial score (nSPS) is 12.3. The van der Waals surface area contributed by atoms with E-state index in [1.54, 1.807) is 18.3 Å². The summed E-state index contributed by atoms with van der Waals surface area (Å²) in [6, 6.07) is 5.36. The highest BCUT2D eigenvalue weighted by molar-refractivity contribution is 7.07. The molecule has 0 aliphatic heterocycles. The lowest BCUT2D eigenvalue weighted by Gasteiger charge is -2.10. The van der Waals surface area contributed by atoms with Gasteiger partial charge in [-0.2, -0.15) is 11.3 Å². The number of aryl methyl sites for hydroxylation is 1. The van der Waals surface area contributed by atoms with Gasteiger partial charge in [0.15, 0.2) is 0 Å². The second-order valence-corrected chi connectivity index (χ2v) is 5.97. The lowest BCUT2D eigenvalue weighted by atomic mass is 10.2. The first-order valence-corrected chi connectivity index (χ1v) is 7.97. The number of aromatic nitrogens is 2. The van der Waals surface area contributed by atoms with E-state index in [0.717, 1.165) is 11.1 Å². The lowest BCUT2D eigenvalue weighted by Crippen LogP contribution is -2.34. The molecular weight excluding hydrogens is 314 g/mol. The number of rotatable bonds is 4. The molecule has 1 atom stereocenters. The maximum atomic E-state index is 12.4. The zero-order valence-electron chi connectivity index (χ0n) is 12.4. The van der Waals surface area contributed by atoms with Gasteiger partial charge in [-0.05, 0) is 40.9 Å². The molecule has 6 nitrogen and oxygen atoms in total. The molecule has 0 bridgehead atoms. The average molecular weight is 329 g/mol. The summed E-state index contributed by atoms with van der Waals surface area (Å²) in [5.74, 6) is -0.548. The summed E-state index contributed by atoms with van der Waals surface area (Å²) in [6.07, 6.45) is 2.10. The Labute approximate surface area is 136 Å². The number of carbonyl (C=O) groups excluding carboxylic acids is 1. The molecule has 0 aliphatic carbocycles. The molecule has 3 rings (SSSR count). The first-order valence-electron chi connectivity index (χ1n) is 7.02. The van der Waals surface area contributed by atoms with Crippen LogP contribution in [-0.4, -0.2) is 26.9 Å². The Morgan fingerprint density at radius 2 is 2.26 bits per heavy atom. The molecule has 118 valence electrons. The summed E-state index contributed by atoms with van der Waals surface area (Å²) in [6.45, 7) is 1.89. The van der Waals surface area contributed by atoms with Gasteiger partial charge in [-0.15, -0.1) is 0 Å². The maximum Gasteiger partial charge on any atom is 0.270 e. The number of carbonyl (C=O) groups is 1. The molecule has 3 heterocycles. The Kier molecular flexibility index (Phi) is 4.22. The quantitative estimate of drug-likeness (QED) is 0.760. The Balaban J connectivity index is 1.81. The van der Waals surface area contributed by atoms with Crippen LogP contribution >= 0.6 is 11.3 Å². The van der Waals surface area contributed by atoms with Gasteiger partial charge in [0.25, 0.3) is 11.5 Å². The zero-order chi connectivity index (χ0) is 16.4. The SMILES string of the molecule is Cc1ccc2ncc(C(=O)NCC(O)c3ccsc3)c(=O)n2c1. The van der Waals surface area contributed by atoms with Crippen molar-refractivity contribution in [1.82, 2.24) is 14.7 Å². The van der Waals surface area contributed by atoms with Crippen LogP contribution in [-0.2, 0) is 0 Å². The van der Waals surface area contributed by atoms with Crippen molar-refractivity contribution >= 4 is 22.9 Å². The van der Waals surface area contributed by atoms with Gasteiger partial charge in [-0.1, -0.05) is 6.07 Å². The van der Waals surface area contributed by atoms with Gasteiger partial charge in [0, 0.05) is 18.9 Å². The molecule has 1 unspecified atom stereocenters. The van der Waals surface area contributed by atoms with Crippen LogP contribution < -0.4 is 10.9 Å². The van der Waals surface area contributed by atoms with Crippen LogP contribution in [0.4, 0.5) is 0 Å². The van der Waals surface area contributed by atoms with Gasteiger partial charge < -0.3 is 10.4 Å². The van der Waals surface area contributed by atoms with Crippen molar-refractivity contribution in [2.24, 2.45) is 0 Å². The van der Waals surface area contributed by atoms with Crippen LogP contribution in [0.25, 0.3) is 5.65 Å². The molecule has 3 aromatic rings. The molecular formula is C16H15N3O3S. The molecule has 0 aromatic carbocycles. The first kappa shape index (κ1) is 15.4. The van der Waals surface area contributed by atoms with E-state index >= 15 is 0 Å². The fraction of sp³-hybridized carbons (Fsp3) is 0.188. The predicted octanol–water partition coefficient (Wildman–Crippen LogP) is 1.53. The predicted molar refractivity (Wildman–Crippen MR) is 87.8 cm³/mol. The summed E-state index contributed by atoms with van der Waals surface area (Å²) in [7, 11) is 0. The van der Waals surface area contributed by atoms with Gasteiger partial charge in [0.2, 0.25) is 0 Å². The zero-order valence-corrected chi connectivity index (χ0v) is 13.2. The van der Waals surface area contributed by atoms with Crippen LogP contribution in [0.5, 0.6) is 0 Å². The van der Waals surface area contributed by atoms with Crippen molar-refractivity contribution in [3.8, 4) is 0 Å². The number of hydrogen-bond acceptors (Lipinski definition) is 5. The molecule has 2 N–H and O–H groups in total. The smallest absolute Gasteiger partial charge is 0.270 e. The van der Waals surface area contributed by atoms with Gasteiger partial charge in [0.05, 0.1) is 6.10 Å². The van der Waals surface area contributed by atoms with E-state index < -0.39 is 17.6 Å². The Bertz CT molecular complexity index is 903. The minimum atomic E-state index is -0.802. The van der Waals surface area contributed by atoms with Crippen molar-refractivity contribution in [2.75, 3.05) is 6.54 Å². The van der Waals surface area contributed by atoms with Crippen molar-refractivity contribution < 1.29 is 9.90 Å². The van der Waals surface area contributed by atoms with E-state index in [2.05, 4.69) is 10.3 Å². The molecule has 0 aliphatic rings. The van der Waals surface area contributed by atoms with Gasteiger partial charge in [0.1, 0.15) is 11.2 Å². The number of amides is 1. The minimum absolute atomic E-state index is 0.0333. The summed E-state index contributed by atoms with van der Waals surface area (Å²) in [5.41, 5.74) is 1.63. The second-order valence-electron chi connectivity index (χ2n) is 5.19. The van der Waals surface area contributed by atoms with Crippen LogP contribution in [0.2, 0.25) is 0 Å². The highest BCUT2D eigenvalue weighted by atomic mass is 32.1. The minimum Gasteiger partial charge on any atom is -0.387 e. The van der Waals surface area contributed by atoms with Crippen LogP contribution in [0.3, 0.4) is 0 Å². The Morgan fingerprint density at radius 3 is 3.00 bits per heavy atom. The Morgan fingerprint density at radius 1 is 1.43 bits per heavy atom. The molecule has 7 heteroatoms. The van der Waals surface area contributed by atoms with Gasteiger partial charge in [-0.25, -0.2) is 4.98 Å². The van der Waals surface area contributed by atoms with Gasteiger partial charge in [-0.3, -0.25) is 14.0 Å².